The number of nitrogens with zero attached hydrogens (tertiary/aromatic N) is 2. The lowest BCUT2D eigenvalue weighted by Crippen LogP contribution is -1.87. The summed E-state index contributed by atoms with van der Waals surface area (Å²) >= 11 is 5.63. The molecule has 0 radical (unpaired) electrons. The molecule has 3 nitrogen and oxygen atoms in total. The van der Waals surface area contributed by atoms with Crippen LogP contribution in [0.2, 0.25) is 0 Å². The molecule has 0 spiro atoms. The van der Waals surface area contributed by atoms with Gasteiger partial charge < -0.3 is 10.1 Å². The minimum absolute atomic E-state index is 0. The second-order valence-corrected chi connectivity index (χ2v) is 2.86. The van der Waals surface area contributed by atoms with E-state index >= 15 is 0 Å². The van der Waals surface area contributed by atoms with Crippen molar-refractivity contribution in [3.63, 3.8) is 0 Å². The van der Waals surface area contributed by atoms with Crippen molar-refractivity contribution in [3.8, 4) is 0 Å². The maximum atomic E-state index is 5.63. The Morgan fingerprint density at radius 2 is 2.31 bits per heavy atom. The summed E-state index contributed by atoms with van der Waals surface area (Å²) in [6.07, 6.45) is 3.76. The van der Waals surface area contributed by atoms with Gasteiger partial charge in [-0.15, -0.1) is 24.0 Å². The van der Waals surface area contributed by atoms with Crippen molar-refractivity contribution >= 4 is 35.3 Å². The Morgan fingerprint density at radius 3 is 3.00 bits per heavy atom. The Balaban J connectivity index is 0.000000845. The van der Waals surface area contributed by atoms with Gasteiger partial charge in [-0.3, -0.25) is 0 Å². The topological polar surface area (TPSA) is 43.3 Å². The maximum absolute atomic E-state index is 5.63. The number of pyridine rings is 1. The molecule has 0 aromatic carbocycles. The van der Waals surface area contributed by atoms with E-state index in [9.17, 15) is 0 Å². The van der Waals surface area contributed by atoms with Crippen LogP contribution in [0.4, 0.5) is 5.69 Å². The van der Waals surface area contributed by atoms with Gasteiger partial charge in [0, 0.05) is 24.1 Å². The number of nitrogen functional groups attached to an aromatic ring is 1. The average Bonchev–Trinajstić information content (AvgIpc) is 2.46. The summed E-state index contributed by atoms with van der Waals surface area (Å²) in [4.78, 5) is 4.24. The standard InChI is InChI=1S/C8H8ClN3.ClH/c9-4-7-5-12-2-1-6(10)3-8(12)11-7;/h1-3,5H,4,10H2;1H. The molecule has 13 heavy (non-hydrogen) atoms. The molecule has 0 saturated heterocycles. The van der Waals surface area contributed by atoms with E-state index in [2.05, 4.69) is 4.98 Å². The molecule has 2 N–H and O–H groups in total. The first kappa shape index (κ1) is 10.2. The lowest BCUT2D eigenvalue weighted by Gasteiger charge is -1.92. The zero-order valence-electron chi connectivity index (χ0n) is 6.77. The van der Waals surface area contributed by atoms with Crippen LogP contribution in [0.1, 0.15) is 5.69 Å². The molecule has 0 amide bonds. The van der Waals surface area contributed by atoms with Crippen LogP contribution in [0.5, 0.6) is 0 Å². The summed E-state index contributed by atoms with van der Waals surface area (Å²) in [5.41, 5.74) is 8.01. The van der Waals surface area contributed by atoms with Crippen LogP contribution in [-0.4, -0.2) is 9.38 Å². The quantitative estimate of drug-likeness (QED) is 0.744. The lowest BCUT2D eigenvalue weighted by molar-refractivity contribution is 1.18. The van der Waals surface area contributed by atoms with Gasteiger partial charge in [-0.05, 0) is 6.07 Å². The number of imidazole rings is 1. The second kappa shape index (κ2) is 3.85. The predicted molar refractivity (Wildman–Crippen MR) is 56.4 cm³/mol. The third kappa shape index (κ3) is 1.87. The summed E-state index contributed by atoms with van der Waals surface area (Å²) in [6, 6.07) is 3.64. The molecule has 0 bridgehead atoms. The van der Waals surface area contributed by atoms with Gasteiger partial charge >= 0.3 is 0 Å². The molecule has 0 aliphatic carbocycles. The van der Waals surface area contributed by atoms with Gasteiger partial charge in [0.2, 0.25) is 0 Å². The van der Waals surface area contributed by atoms with Gasteiger partial charge in [0.1, 0.15) is 5.65 Å². The molecule has 2 rings (SSSR count). The smallest absolute Gasteiger partial charge is 0.139 e. The highest BCUT2D eigenvalue weighted by atomic mass is 35.5. The molecule has 0 aliphatic heterocycles. The van der Waals surface area contributed by atoms with Crippen molar-refractivity contribution in [3.05, 3.63) is 30.2 Å². The van der Waals surface area contributed by atoms with E-state index in [-0.39, 0.29) is 12.4 Å². The normalized spacial score (nSPS) is 9.92. The van der Waals surface area contributed by atoms with E-state index in [4.69, 9.17) is 17.3 Å². The Bertz CT molecular complexity index is 411. The first-order valence-corrected chi connectivity index (χ1v) is 4.12. The number of hydrogen-bond donors (Lipinski definition) is 1. The number of hydrogen-bond acceptors (Lipinski definition) is 2. The van der Waals surface area contributed by atoms with Crippen molar-refractivity contribution in [1.29, 1.82) is 0 Å². The fraction of sp³-hybridized carbons (Fsp3) is 0.125. The Labute approximate surface area is 86.9 Å². The van der Waals surface area contributed by atoms with E-state index in [0.29, 0.717) is 11.6 Å². The molecule has 2 aromatic heterocycles. The number of aromatic nitrogens is 2. The number of fused-ring (bicyclic) bond motifs is 1. The molecule has 5 heteroatoms. The summed E-state index contributed by atoms with van der Waals surface area (Å²) < 4.78 is 1.90. The van der Waals surface area contributed by atoms with Crippen molar-refractivity contribution in [1.82, 2.24) is 9.38 Å². The first-order chi connectivity index (χ1) is 5.79. The predicted octanol–water partition coefficient (Wildman–Crippen LogP) is 2.08. The van der Waals surface area contributed by atoms with Gasteiger partial charge in [-0.2, -0.15) is 0 Å². The molecule has 2 aromatic rings. The second-order valence-electron chi connectivity index (χ2n) is 2.59. The molecule has 70 valence electrons. The van der Waals surface area contributed by atoms with Crippen LogP contribution < -0.4 is 5.73 Å². The fourth-order valence-electron chi connectivity index (χ4n) is 1.11. The van der Waals surface area contributed by atoms with E-state index in [1.54, 1.807) is 0 Å². The number of anilines is 1. The van der Waals surface area contributed by atoms with Crippen molar-refractivity contribution in [2.75, 3.05) is 5.73 Å². The summed E-state index contributed by atoms with van der Waals surface area (Å²) in [6.45, 7) is 0. The molecule has 2 heterocycles. The van der Waals surface area contributed by atoms with Crippen LogP contribution >= 0.6 is 24.0 Å². The molecule has 0 aliphatic rings. The monoisotopic (exact) mass is 217 g/mol. The number of alkyl halides is 1. The Hall–Kier alpha value is -0.930. The van der Waals surface area contributed by atoms with E-state index < -0.39 is 0 Å². The fourth-order valence-corrected chi connectivity index (χ4v) is 1.24. The Kier molecular flexibility index (Phi) is 3.01. The summed E-state index contributed by atoms with van der Waals surface area (Å²) in [5, 5.41) is 0. The highest BCUT2D eigenvalue weighted by Gasteiger charge is 1.99. The highest BCUT2D eigenvalue weighted by Crippen LogP contribution is 2.10. The zero-order chi connectivity index (χ0) is 8.55. The zero-order valence-corrected chi connectivity index (χ0v) is 8.35. The molecule has 0 unspecified atom stereocenters. The lowest BCUT2D eigenvalue weighted by atomic mass is 10.4. The Morgan fingerprint density at radius 1 is 1.54 bits per heavy atom. The van der Waals surface area contributed by atoms with E-state index in [0.717, 1.165) is 11.3 Å². The third-order valence-corrected chi connectivity index (χ3v) is 1.94. The van der Waals surface area contributed by atoms with Crippen LogP contribution in [0.25, 0.3) is 5.65 Å². The third-order valence-electron chi connectivity index (χ3n) is 1.67. The summed E-state index contributed by atoms with van der Waals surface area (Å²) in [5.74, 6) is 0.432. The van der Waals surface area contributed by atoms with Crippen molar-refractivity contribution < 1.29 is 0 Å². The largest absolute Gasteiger partial charge is 0.399 e. The minimum Gasteiger partial charge on any atom is -0.399 e. The molecular weight excluding hydrogens is 209 g/mol. The SMILES string of the molecule is Cl.Nc1ccn2cc(CCl)nc2c1. The minimum atomic E-state index is 0. The molecule has 0 saturated carbocycles. The van der Waals surface area contributed by atoms with Gasteiger partial charge in [0.05, 0.1) is 11.6 Å². The van der Waals surface area contributed by atoms with Crippen molar-refractivity contribution in [2.45, 2.75) is 5.88 Å². The van der Waals surface area contributed by atoms with Crippen molar-refractivity contribution in [2.24, 2.45) is 0 Å². The van der Waals surface area contributed by atoms with Gasteiger partial charge in [0.15, 0.2) is 0 Å². The number of rotatable bonds is 1. The van der Waals surface area contributed by atoms with Gasteiger partial charge in [-0.1, -0.05) is 0 Å². The van der Waals surface area contributed by atoms with Crippen LogP contribution in [0.3, 0.4) is 0 Å². The average molecular weight is 218 g/mol. The van der Waals surface area contributed by atoms with Crippen LogP contribution in [-0.2, 0) is 5.88 Å². The van der Waals surface area contributed by atoms with E-state index in [1.807, 2.05) is 28.9 Å². The van der Waals surface area contributed by atoms with Gasteiger partial charge in [0.25, 0.3) is 0 Å². The molecule has 0 atom stereocenters. The molecule has 0 fully saturated rings. The first-order valence-electron chi connectivity index (χ1n) is 3.58. The maximum Gasteiger partial charge on any atom is 0.139 e. The summed E-state index contributed by atoms with van der Waals surface area (Å²) in [7, 11) is 0. The van der Waals surface area contributed by atoms with Crippen LogP contribution in [0, 0.1) is 0 Å². The van der Waals surface area contributed by atoms with E-state index in [1.165, 1.54) is 0 Å². The molecular formula is C8H9Cl2N3. The van der Waals surface area contributed by atoms with Crippen LogP contribution in [0.15, 0.2) is 24.5 Å². The number of halogens is 2. The van der Waals surface area contributed by atoms with Gasteiger partial charge in [-0.25, -0.2) is 4.98 Å². The highest BCUT2D eigenvalue weighted by molar-refractivity contribution is 6.16. The number of nitrogens with two attached hydrogens (primary N) is 1.